The third kappa shape index (κ3) is 3.25. The molecule has 0 saturated carbocycles. The first-order valence-corrected chi connectivity index (χ1v) is 10.2. The molecular formula is C25H22FNO3. The van der Waals surface area contributed by atoms with Gasteiger partial charge in [-0.3, -0.25) is 4.90 Å². The van der Waals surface area contributed by atoms with E-state index in [4.69, 9.17) is 4.74 Å². The Morgan fingerprint density at radius 3 is 2.20 bits per heavy atom. The molecular weight excluding hydrogens is 381 g/mol. The topological polar surface area (TPSA) is 49.8 Å². The number of aliphatic hydroxyl groups is 1. The number of ether oxygens (including phenoxy) is 1. The summed E-state index contributed by atoms with van der Waals surface area (Å²) in [5.41, 5.74) is 5.46. The van der Waals surface area contributed by atoms with Crippen LogP contribution in [0.1, 0.15) is 35.1 Å². The first-order chi connectivity index (χ1) is 14.6. The van der Waals surface area contributed by atoms with Crippen molar-refractivity contribution in [3.63, 3.8) is 0 Å². The summed E-state index contributed by atoms with van der Waals surface area (Å²) in [5, 5.41) is 10.2. The molecule has 2 unspecified atom stereocenters. The third-order valence-electron chi connectivity index (χ3n) is 6.10. The summed E-state index contributed by atoms with van der Waals surface area (Å²) in [6.07, 6.45) is -0.668. The normalized spacial score (nSPS) is 20.1. The number of carbonyl (C=O) groups is 1. The number of hydrogen-bond acceptors (Lipinski definition) is 3. The molecule has 5 heteroatoms. The molecule has 0 radical (unpaired) electrons. The second-order valence-electron chi connectivity index (χ2n) is 7.91. The maximum Gasteiger partial charge on any atom is 0.410 e. The molecule has 30 heavy (non-hydrogen) atoms. The quantitative estimate of drug-likeness (QED) is 0.678. The lowest BCUT2D eigenvalue weighted by atomic mass is 9.98. The van der Waals surface area contributed by atoms with Crippen LogP contribution in [0.5, 0.6) is 0 Å². The maximum absolute atomic E-state index is 13.3. The average Bonchev–Trinajstić information content (AvgIpc) is 3.31. The number of β-amino-alcohol motifs (C(OH)–C–C–N with tert-alkyl or cyclic N) is 1. The van der Waals surface area contributed by atoms with E-state index in [1.54, 1.807) is 17.0 Å². The van der Waals surface area contributed by atoms with E-state index in [0.717, 1.165) is 16.7 Å². The molecule has 0 spiro atoms. The largest absolute Gasteiger partial charge is 0.448 e. The Morgan fingerprint density at radius 2 is 1.57 bits per heavy atom. The van der Waals surface area contributed by atoms with Crippen molar-refractivity contribution in [3.05, 3.63) is 95.3 Å². The summed E-state index contributed by atoms with van der Waals surface area (Å²) >= 11 is 0. The number of halogens is 1. The lowest BCUT2D eigenvalue weighted by molar-refractivity contribution is 0.0910. The van der Waals surface area contributed by atoms with E-state index in [0.29, 0.717) is 6.42 Å². The van der Waals surface area contributed by atoms with Crippen molar-refractivity contribution in [2.75, 3.05) is 13.2 Å². The summed E-state index contributed by atoms with van der Waals surface area (Å²) in [6.45, 7) is 0.439. The predicted octanol–water partition coefficient (Wildman–Crippen LogP) is 4.88. The molecule has 1 heterocycles. The minimum atomic E-state index is -0.625. The van der Waals surface area contributed by atoms with E-state index in [1.807, 2.05) is 24.3 Å². The fourth-order valence-corrected chi connectivity index (χ4v) is 4.69. The fourth-order valence-electron chi connectivity index (χ4n) is 4.69. The Morgan fingerprint density at radius 1 is 0.967 bits per heavy atom. The minimum Gasteiger partial charge on any atom is -0.448 e. The predicted molar refractivity (Wildman–Crippen MR) is 112 cm³/mol. The van der Waals surface area contributed by atoms with E-state index in [-0.39, 0.29) is 30.9 Å². The summed E-state index contributed by atoms with van der Waals surface area (Å²) < 4.78 is 19.0. The van der Waals surface area contributed by atoms with Crippen LogP contribution in [-0.4, -0.2) is 35.4 Å². The minimum absolute atomic E-state index is 0.0156. The summed E-state index contributed by atoms with van der Waals surface area (Å²) in [5.74, 6) is -0.344. The number of fused-ring (bicyclic) bond motifs is 3. The zero-order chi connectivity index (χ0) is 20.7. The second-order valence-corrected chi connectivity index (χ2v) is 7.91. The SMILES string of the molecule is O=C(OCC1c2ccccc2-c2ccccc21)N1CC(O)CC1c1ccc(F)cc1. The van der Waals surface area contributed by atoms with Gasteiger partial charge < -0.3 is 9.84 Å². The lowest BCUT2D eigenvalue weighted by Crippen LogP contribution is -2.33. The molecule has 5 rings (SSSR count). The standard InChI is InChI=1S/C25H22FNO3/c26-17-11-9-16(10-12-17)24-13-18(28)14-27(24)25(29)30-15-23-21-7-3-1-5-19(21)20-6-2-4-8-22(20)23/h1-12,18,23-24,28H,13-15H2. The molecule has 0 bridgehead atoms. The van der Waals surface area contributed by atoms with Crippen molar-refractivity contribution < 1.29 is 19.0 Å². The van der Waals surface area contributed by atoms with Crippen LogP contribution >= 0.6 is 0 Å². The maximum atomic E-state index is 13.3. The van der Waals surface area contributed by atoms with Crippen molar-refractivity contribution in [1.82, 2.24) is 4.90 Å². The molecule has 1 fully saturated rings. The van der Waals surface area contributed by atoms with Gasteiger partial charge in [-0.1, -0.05) is 60.7 Å². The van der Waals surface area contributed by atoms with Gasteiger partial charge in [-0.15, -0.1) is 0 Å². The third-order valence-corrected chi connectivity index (χ3v) is 6.10. The smallest absolute Gasteiger partial charge is 0.410 e. The molecule has 1 N–H and O–H groups in total. The number of nitrogens with zero attached hydrogens (tertiary/aromatic N) is 1. The molecule has 2 aliphatic rings. The van der Waals surface area contributed by atoms with Crippen LogP contribution in [-0.2, 0) is 4.74 Å². The van der Waals surface area contributed by atoms with Gasteiger partial charge >= 0.3 is 6.09 Å². The Balaban J connectivity index is 1.35. The second kappa shape index (κ2) is 7.58. The van der Waals surface area contributed by atoms with Crippen molar-refractivity contribution in [3.8, 4) is 11.1 Å². The molecule has 0 aromatic heterocycles. The van der Waals surface area contributed by atoms with Gasteiger partial charge in [-0.25, -0.2) is 9.18 Å². The number of hydrogen-bond donors (Lipinski definition) is 1. The fraction of sp³-hybridized carbons (Fsp3) is 0.240. The zero-order valence-electron chi connectivity index (χ0n) is 16.4. The summed E-state index contributed by atoms with van der Waals surface area (Å²) in [7, 11) is 0. The number of rotatable bonds is 3. The molecule has 1 saturated heterocycles. The van der Waals surface area contributed by atoms with Gasteiger partial charge in [0.05, 0.1) is 18.7 Å². The molecule has 1 aliphatic heterocycles. The van der Waals surface area contributed by atoms with Gasteiger partial charge in [0.15, 0.2) is 0 Å². The Bertz CT molecular complexity index is 1040. The number of likely N-dealkylation sites (tertiary alicyclic amines) is 1. The van der Waals surface area contributed by atoms with Crippen molar-refractivity contribution in [2.45, 2.75) is 24.5 Å². The Hall–Kier alpha value is -3.18. The van der Waals surface area contributed by atoms with Gasteiger partial charge in [-0.2, -0.15) is 0 Å². The van der Waals surface area contributed by atoms with Crippen LogP contribution in [0.2, 0.25) is 0 Å². The highest BCUT2D eigenvalue weighted by Gasteiger charge is 2.37. The summed E-state index contributed by atoms with van der Waals surface area (Å²) in [6, 6.07) is 22.1. The first-order valence-electron chi connectivity index (χ1n) is 10.2. The van der Waals surface area contributed by atoms with Crippen LogP contribution in [0.4, 0.5) is 9.18 Å². The molecule has 2 atom stereocenters. The molecule has 3 aromatic carbocycles. The molecule has 3 aromatic rings. The highest BCUT2D eigenvalue weighted by atomic mass is 19.1. The number of benzene rings is 3. The van der Waals surface area contributed by atoms with Crippen LogP contribution in [0.15, 0.2) is 72.8 Å². The van der Waals surface area contributed by atoms with E-state index in [2.05, 4.69) is 24.3 Å². The van der Waals surface area contributed by atoms with Gasteiger partial charge in [-0.05, 0) is 46.4 Å². The van der Waals surface area contributed by atoms with Crippen LogP contribution in [0.3, 0.4) is 0 Å². The monoisotopic (exact) mass is 403 g/mol. The van der Waals surface area contributed by atoms with E-state index < -0.39 is 12.2 Å². The molecule has 1 aliphatic carbocycles. The van der Waals surface area contributed by atoms with E-state index in [9.17, 15) is 14.3 Å². The first kappa shape index (κ1) is 18.8. The highest BCUT2D eigenvalue weighted by molar-refractivity contribution is 5.79. The number of aliphatic hydroxyl groups excluding tert-OH is 1. The number of carbonyl (C=O) groups excluding carboxylic acids is 1. The lowest BCUT2D eigenvalue weighted by Gasteiger charge is -2.25. The van der Waals surface area contributed by atoms with Crippen molar-refractivity contribution >= 4 is 6.09 Å². The van der Waals surface area contributed by atoms with Gasteiger partial charge in [0.2, 0.25) is 0 Å². The van der Waals surface area contributed by atoms with Crippen molar-refractivity contribution in [1.29, 1.82) is 0 Å². The highest BCUT2D eigenvalue weighted by Crippen LogP contribution is 2.44. The Labute approximate surface area is 174 Å². The molecule has 152 valence electrons. The number of amides is 1. The van der Waals surface area contributed by atoms with Crippen LogP contribution in [0, 0.1) is 5.82 Å². The summed E-state index contributed by atoms with van der Waals surface area (Å²) in [4.78, 5) is 14.5. The molecule has 4 nitrogen and oxygen atoms in total. The van der Waals surface area contributed by atoms with E-state index >= 15 is 0 Å². The van der Waals surface area contributed by atoms with Crippen LogP contribution in [0.25, 0.3) is 11.1 Å². The zero-order valence-corrected chi connectivity index (χ0v) is 16.4. The van der Waals surface area contributed by atoms with Crippen LogP contribution < -0.4 is 0 Å². The van der Waals surface area contributed by atoms with Gasteiger partial charge in [0.25, 0.3) is 0 Å². The van der Waals surface area contributed by atoms with Gasteiger partial charge in [0, 0.05) is 5.92 Å². The van der Waals surface area contributed by atoms with Gasteiger partial charge in [0.1, 0.15) is 12.4 Å². The van der Waals surface area contributed by atoms with E-state index in [1.165, 1.54) is 23.3 Å². The average molecular weight is 403 g/mol. The molecule has 1 amide bonds. The Kier molecular flexibility index (Phi) is 4.75. The van der Waals surface area contributed by atoms with Crippen molar-refractivity contribution in [2.24, 2.45) is 0 Å².